The monoisotopic (exact) mass is 232 g/mol. The van der Waals surface area contributed by atoms with Crippen LogP contribution in [0.1, 0.15) is 10.5 Å². The van der Waals surface area contributed by atoms with Crippen molar-refractivity contribution in [2.24, 2.45) is 7.05 Å². The van der Waals surface area contributed by atoms with Crippen molar-refractivity contribution >= 4 is 27.9 Å². The molecule has 0 unspecified atom stereocenters. The third-order valence-corrected chi connectivity index (χ3v) is 2.98. The third kappa shape index (κ3) is 1.25. The molecule has 2 aromatic heterocycles. The predicted octanol–water partition coefficient (Wildman–Crippen LogP) is 2.50. The van der Waals surface area contributed by atoms with Crippen LogP contribution in [-0.4, -0.2) is 20.6 Å². The summed E-state index contributed by atoms with van der Waals surface area (Å²) >= 11 is 0. The number of fused-ring (bicyclic) bond motifs is 3. The molecule has 0 saturated carbocycles. The minimum Gasteiger partial charge on any atom is -0.477 e. The van der Waals surface area contributed by atoms with E-state index in [1.165, 1.54) is 12.1 Å². The molecular formula is C12H9FN2O2. The lowest BCUT2D eigenvalue weighted by Gasteiger charge is -1.96. The van der Waals surface area contributed by atoms with E-state index in [-0.39, 0.29) is 11.5 Å². The van der Waals surface area contributed by atoms with Crippen LogP contribution < -0.4 is 0 Å². The number of halogens is 1. The Labute approximate surface area is 95.3 Å². The van der Waals surface area contributed by atoms with Gasteiger partial charge in [0.2, 0.25) is 0 Å². The van der Waals surface area contributed by atoms with Crippen LogP contribution in [-0.2, 0) is 7.05 Å². The Hall–Kier alpha value is -2.30. The average molecular weight is 232 g/mol. The maximum absolute atomic E-state index is 13.2. The first kappa shape index (κ1) is 9.89. The molecule has 0 fully saturated rings. The molecule has 0 aliphatic carbocycles. The van der Waals surface area contributed by atoms with Gasteiger partial charge in [-0.1, -0.05) is 0 Å². The van der Waals surface area contributed by atoms with Gasteiger partial charge >= 0.3 is 5.97 Å². The molecule has 2 heterocycles. The van der Waals surface area contributed by atoms with Crippen molar-refractivity contribution in [2.45, 2.75) is 0 Å². The molecular weight excluding hydrogens is 223 g/mol. The second-order valence-corrected chi connectivity index (χ2v) is 3.97. The van der Waals surface area contributed by atoms with Crippen molar-refractivity contribution in [3.05, 3.63) is 35.8 Å². The van der Waals surface area contributed by atoms with Crippen LogP contribution in [0, 0.1) is 5.82 Å². The highest BCUT2D eigenvalue weighted by Crippen LogP contribution is 2.28. The lowest BCUT2D eigenvalue weighted by atomic mass is 10.2. The number of hydrogen-bond donors (Lipinski definition) is 2. The molecule has 3 aromatic rings. The highest BCUT2D eigenvalue weighted by atomic mass is 19.1. The first-order chi connectivity index (χ1) is 8.08. The van der Waals surface area contributed by atoms with Crippen LogP contribution >= 0.6 is 0 Å². The number of rotatable bonds is 1. The largest absolute Gasteiger partial charge is 0.477 e. The molecule has 0 amide bonds. The molecule has 0 aliphatic heterocycles. The summed E-state index contributed by atoms with van der Waals surface area (Å²) in [5.74, 6) is -1.36. The molecule has 0 spiro atoms. The van der Waals surface area contributed by atoms with E-state index in [9.17, 15) is 9.18 Å². The van der Waals surface area contributed by atoms with Crippen molar-refractivity contribution in [1.82, 2.24) is 9.55 Å². The first-order valence-corrected chi connectivity index (χ1v) is 5.08. The van der Waals surface area contributed by atoms with Gasteiger partial charge in [0.1, 0.15) is 11.5 Å². The number of hydrogen-bond acceptors (Lipinski definition) is 1. The summed E-state index contributed by atoms with van der Waals surface area (Å²) in [7, 11) is 1.82. The summed E-state index contributed by atoms with van der Waals surface area (Å²) in [5.41, 5.74) is 2.38. The number of aryl methyl sites for hydroxylation is 1. The van der Waals surface area contributed by atoms with Crippen molar-refractivity contribution in [3.8, 4) is 0 Å². The van der Waals surface area contributed by atoms with Crippen LogP contribution in [0.25, 0.3) is 21.9 Å². The molecule has 17 heavy (non-hydrogen) atoms. The summed E-state index contributed by atoms with van der Waals surface area (Å²) in [6.45, 7) is 0. The van der Waals surface area contributed by atoms with Crippen LogP contribution in [0.2, 0.25) is 0 Å². The number of carboxylic acid groups (broad SMARTS) is 1. The summed E-state index contributed by atoms with van der Waals surface area (Å²) < 4.78 is 15.0. The fourth-order valence-electron chi connectivity index (χ4n) is 2.16. The molecule has 4 nitrogen and oxygen atoms in total. The van der Waals surface area contributed by atoms with Gasteiger partial charge in [0.25, 0.3) is 0 Å². The molecule has 2 N–H and O–H groups in total. The zero-order valence-corrected chi connectivity index (χ0v) is 8.99. The Morgan fingerprint density at radius 2 is 2.12 bits per heavy atom. The zero-order chi connectivity index (χ0) is 12.2. The van der Waals surface area contributed by atoms with Crippen molar-refractivity contribution in [2.75, 3.05) is 0 Å². The number of nitrogens with one attached hydrogen (secondary N) is 1. The second kappa shape index (κ2) is 3.10. The zero-order valence-electron chi connectivity index (χ0n) is 8.99. The number of H-pyrrole nitrogens is 1. The van der Waals surface area contributed by atoms with E-state index in [0.29, 0.717) is 10.9 Å². The Bertz CT molecular complexity index is 755. The van der Waals surface area contributed by atoms with Gasteiger partial charge in [-0.3, -0.25) is 0 Å². The lowest BCUT2D eigenvalue weighted by Crippen LogP contribution is -1.95. The van der Waals surface area contributed by atoms with Crippen LogP contribution in [0.3, 0.4) is 0 Å². The first-order valence-electron chi connectivity index (χ1n) is 5.08. The minimum absolute atomic E-state index is 0.108. The highest BCUT2D eigenvalue weighted by molar-refractivity contribution is 6.08. The molecule has 0 aliphatic rings. The van der Waals surface area contributed by atoms with E-state index in [1.54, 1.807) is 12.1 Å². The van der Waals surface area contributed by atoms with Crippen LogP contribution in [0.5, 0.6) is 0 Å². The Morgan fingerprint density at radius 3 is 2.82 bits per heavy atom. The van der Waals surface area contributed by atoms with Crippen molar-refractivity contribution in [3.63, 3.8) is 0 Å². The predicted molar refractivity (Wildman–Crippen MR) is 61.7 cm³/mol. The van der Waals surface area contributed by atoms with E-state index in [1.807, 2.05) is 11.6 Å². The minimum atomic E-state index is -1.02. The van der Waals surface area contributed by atoms with Crippen LogP contribution in [0.4, 0.5) is 4.39 Å². The van der Waals surface area contributed by atoms with Gasteiger partial charge in [-0.15, -0.1) is 0 Å². The summed E-state index contributed by atoms with van der Waals surface area (Å²) in [4.78, 5) is 13.7. The quantitative estimate of drug-likeness (QED) is 0.677. The Balaban J connectivity index is 2.48. The fourth-order valence-corrected chi connectivity index (χ4v) is 2.16. The lowest BCUT2D eigenvalue weighted by molar-refractivity contribution is 0.0691. The summed E-state index contributed by atoms with van der Waals surface area (Å²) in [5, 5.41) is 9.60. The Morgan fingerprint density at radius 1 is 1.35 bits per heavy atom. The van der Waals surface area contributed by atoms with Crippen molar-refractivity contribution < 1.29 is 14.3 Å². The van der Waals surface area contributed by atoms with Crippen molar-refractivity contribution in [1.29, 1.82) is 0 Å². The van der Waals surface area contributed by atoms with Gasteiger partial charge in [0, 0.05) is 12.4 Å². The molecule has 86 valence electrons. The number of carboxylic acids is 1. The Kier molecular flexibility index (Phi) is 1.80. The van der Waals surface area contributed by atoms with Gasteiger partial charge in [0.15, 0.2) is 0 Å². The average Bonchev–Trinajstić information content (AvgIpc) is 2.80. The van der Waals surface area contributed by atoms with Crippen LogP contribution in [0.15, 0.2) is 24.3 Å². The highest BCUT2D eigenvalue weighted by Gasteiger charge is 2.14. The number of carbonyl (C=O) groups is 1. The molecule has 0 saturated heterocycles. The van der Waals surface area contributed by atoms with Gasteiger partial charge in [-0.05, 0) is 24.3 Å². The number of benzene rings is 1. The molecule has 0 atom stereocenters. The van der Waals surface area contributed by atoms with Gasteiger partial charge in [0.05, 0.1) is 16.6 Å². The second-order valence-electron chi connectivity index (χ2n) is 3.97. The van der Waals surface area contributed by atoms with E-state index in [2.05, 4.69) is 4.98 Å². The molecule has 3 rings (SSSR count). The molecule has 0 radical (unpaired) electrons. The normalized spacial score (nSPS) is 11.4. The molecule has 1 aromatic carbocycles. The van der Waals surface area contributed by atoms with E-state index < -0.39 is 5.97 Å². The fraction of sp³-hybridized carbons (Fsp3) is 0.0833. The maximum Gasteiger partial charge on any atom is 0.352 e. The topological polar surface area (TPSA) is 58.0 Å². The number of aromatic carboxylic acids is 1. The summed E-state index contributed by atoms with van der Waals surface area (Å²) in [6, 6.07) is 6.02. The van der Waals surface area contributed by atoms with E-state index in [4.69, 9.17) is 5.11 Å². The molecule has 5 heteroatoms. The number of nitrogens with zero attached hydrogens (tertiary/aromatic N) is 1. The smallest absolute Gasteiger partial charge is 0.352 e. The van der Waals surface area contributed by atoms with Gasteiger partial charge in [-0.2, -0.15) is 0 Å². The SMILES string of the molecule is Cn1c2ccc(F)cc2c2[nH]c(C(=O)O)cc21. The third-order valence-electron chi connectivity index (χ3n) is 2.98. The standard InChI is InChI=1S/C12H9FN2O2/c1-15-9-3-2-6(13)4-7(9)11-10(15)5-8(14-11)12(16)17/h2-5,14H,1H3,(H,16,17). The number of aromatic nitrogens is 2. The van der Waals surface area contributed by atoms with Gasteiger partial charge < -0.3 is 14.7 Å². The van der Waals surface area contributed by atoms with E-state index in [0.717, 1.165) is 11.0 Å². The maximum atomic E-state index is 13.2. The number of aromatic amines is 1. The molecule has 0 bridgehead atoms. The van der Waals surface area contributed by atoms with E-state index >= 15 is 0 Å². The van der Waals surface area contributed by atoms with Gasteiger partial charge in [-0.25, -0.2) is 9.18 Å². The summed E-state index contributed by atoms with van der Waals surface area (Å²) in [6.07, 6.45) is 0.